The van der Waals surface area contributed by atoms with E-state index in [1.54, 1.807) is 6.20 Å². The van der Waals surface area contributed by atoms with Gasteiger partial charge in [0.2, 0.25) is 11.9 Å². The molecule has 4 heterocycles. The number of fused-ring (bicyclic) bond motifs is 2. The molecule has 0 atom stereocenters. The van der Waals surface area contributed by atoms with Crippen molar-refractivity contribution < 1.29 is 8.78 Å². The molecule has 4 aromatic carbocycles. The second-order valence-corrected chi connectivity index (χ2v) is 19.0. The van der Waals surface area contributed by atoms with Crippen molar-refractivity contribution in [1.29, 1.82) is 0 Å². The zero-order chi connectivity index (χ0) is 50.9. The second kappa shape index (κ2) is 23.3. The quantitative estimate of drug-likeness (QED) is 0.113. The molecule has 8 aromatic rings. The molecule has 2 aliphatic rings. The predicted molar refractivity (Wildman–Crippen MR) is 298 cm³/mol. The molecule has 4 aromatic heterocycles. The highest BCUT2D eigenvalue weighted by atomic mass is 35.5. The average Bonchev–Trinajstić information content (AvgIpc) is 3.94. The van der Waals surface area contributed by atoms with E-state index in [4.69, 9.17) is 16.6 Å². The molecule has 0 unspecified atom stereocenters. The number of hydrogen-bond acceptors (Lipinski definition) is 4. The zero-order valence-corrected chi connectivity index (χ0v) is 43.0. The number of aromatic amines is 2. The molecule has 0 spiro atoms. The van der Waals surface area contributed by atoms with Gasteiger partial charge in [-0.1, -0.05) is 167 Å². The van der Waals surface area contributed by atoms with Crippen molar-refractivity contribution in [2.24, 2.45) is 11.8 Å². The first-order valence-electron chi connectivity index (χ1n) is 25.2. The molecule has 0 aliphatic heterocycles. The molecule has 2 aliphatic carbocycles. The first-order chi connectivity index (χ1) is 35.0. The summed E-state index contributed by atoms with van der Waals surface area (Å²) in [4.78, 5) is 9.45. The van der Waals surface area contributed by atoms with E-state index in [1.807, 2.05) is 101 Å². The average molecular weight is 978 g/mol. The number of aromatic nitrogens is 6. The number of allylic oxidation sites excluding steroid dienone is 6. The third kappa shape index (κ3) is 11.1. The third-order valence-electron chi connectivity index (χ3n) is 13.5. The van der Waals surface area contributed by atoms with Crippen LogP contribution in [-0.4, -0.2) is 30.4 Å². The van der Waals surface area contributed by atoms with Crippen LogP contribution in [0.1, 0.15) is 129 Å². The summed E-state index contributed by atoms with van der Waals surface area (Å²) in [6, 6.07) is 34.2. The standard InChI is InChI=1S/C32H32FN3.C29H25ClFN3.C2H6/c1-5-25-18-21(4)27(19-34-25)30(23-8-6-9-23)29(24-16-14-22(15-17-24)13-12-20(2)3)26-10-7-11-28-31(26)32(33)36-35-28;1-18(2)11-12-19-13-15-21(16-14-19)25(22-8-4-10-24-27(22)29(31)34-33-24)26(20-6-3-7-20)28-23(30)9-5-17-32-28;1-2/h7,10-19,23H,2,5-6,8-9H2,1,3-4H3,(H,35,36);4-5,8-17,20H,1,3,6-7H2,2H3,(H,33,34);1-2H3/b13-12+,30-29+;12-11+,26-25+;. The molecule has 0 radical (unpaired) electrons. The van der Waals surface area contributed by atoms with E-state index in [0.29, 0.717) is 38.7 Å². The molecule has 0 amide bonds. The van der Waals surface area contributed by atoms with Crippen LogP contribution in [0.25, 0.3) is 56.3 Å². The van der Waals surface area contributed by atoms with E-state index < -0.39 is 11.9 Å². The van der Waals surface area contributed by atoms with Gasteiger partial charge in [0.25, 0.3) is 0 Å². The maximum absolute atomic E-state index is 15.1. The first-order valence-corrected chi connectivity index (χ1v) is 25.6. The fourth-order valence-corrected chi connectivity index (χ4v) is 9.75. The van der Waals surface area contributed by atoms with Gasteiger partial charge in [0.05, 0.1) is 32.5 Å². The molecule has 0 bridgehead atoms. The number of benzene rings is 4. The number of halogens is 3. The number of pyridine rings is 2. The van der Waals surface area contributed by atoms with E-state index in [-0.39, 0.29) is 0 Å². The molecule has 72 heavy (non-hydrogen) atoms. The largest absolute Gasteiger partial charge is 0.261 e. The number of nitrogens with zero attached hydrogens (tertiary/aromatic N) is 4. The monoisotopic (exact) mass is 976 g/mol. The minimum Gasteiger partial charge on any atom is -0.261 e. The summed E-state index contributed by atoms with van der Waals surface area (Å²) in [5.74, 6) is -0.135. The highest BCUT2D eigenvalue weighted by Crippen LogP contribution is 2.49. The van der Waals surface area contributed by atoms with Crippen molar-refractivity contribution in [2.75, 3.05) is 0 Å². The number of rotatable bonds is 13. The lowest BCUT2D eigenvalue weighted by molar-refractivity contribution is 0.400. The van der Waals surface area contributed by atoms with Crippen LogP contribution >= 0.6 is 11.6 Å². The van der Waals surface area contributed by atoms with Crippen LogP contribution in [0, 0.1) is 30.7 Å². The van der Waals surface area contributed by atoms with Crippen molar-refractivity contribution >= 4 is 67.9 Å². The highest BCUT2D eigenvalue weighted by Gasteiger charge is 2.32. The van der Waals surface area contributed by atoms with E-state index in [2.05, 4.69) is 113 Å². The number of H-pyrrole nitrogens is 2. The van der Waals surface area contributed by atoms with Gasteiger partial charge in [0.15, 0.2) is 0 Å². The number of aryl methyl sites for hydroxylation is 2. The summed E-state index contributed by atoms with van der Waals surface area (Å²) in [6.07, 6.45) is 19.5. The fraction of sp³-hybridized carbons (Fsp3) is 0.238. The van der Waals surface area contributed by atoms with Crippen molar-refractivity contribution in [2.45, 2.75) is 86.5 Å². The smallest absolute Gasteiger partial charge is 0.217 e. The molecular weight excluding hydrogens is 914 g/mol. The Morgan fingerprint density at radius 3 is 1.57 bits per heavy atom. The summed E-state index contributed by atoms with van der Waals surface area (Å²) in [7, 11) is 0. The molecular formula is C63H63ClF2N6. The van der Waals surface area contributed by atoms with Gasteiger partial charge in [-0.3, -0.25) is 20.2 Å². The van der Waals surface area contributed by atoms with Crippen LogP contribution in [-0.2, 0) is 6.42 Å². The minimum atomic E-state index is -0.441. The summed E-state index contributed by atoms with van der Waals surface area (Å²) < 4.78 is 30.1. The van der Waals surface area contributed by atoms with Gasteiger partial charge in [0.1, 0.15) is 0 Å². The van der Waals surface area contributed by atoms with Crippen molar-refractivity contribution in [3.05, 3.63) is 225 Å². The van der Waals surface area contributed by atoms with Crippen LogP contribution in [0.2, 0.25) is 5.02 Å². The Morgan fingerprint density at radius 1 is 0.653 bits per heavy atom. The Balaban J connectivity index is 0.000000187. The maximum atomic E-state index is 15.1. The van der Waals surface area contributed by atoms with E-state index in [0.717, 1.165) is 117 Å². The van der Waals surface area contributed by atoms with Gasteiger partial charge in [0, 0.05) is 18.1 Å². The normalized spacial score (nSPS) is 14.5. The minimum absolute atomic E-state index is 0.301. The van der Waals surface area contributed by atoms with Crippen LogP contribution in [0.4, 0.5) is 8.78 Å². The lowest BCUT2D eigenvalue weighted by atomic mass is 9.72. The molecule has 9 heteroatoms. The zero-order valence-electron chi connectivity index (χ0n) is 42.2. The van der Waals surface area contributed by atoms with E-state index >= 15 is 4.39 Å². The predicted octanol–water partition coefficient (Wildman–Crippen LogP) is 17.4. The molecule has 2 fully saturated rings. The van der Waals surface area contributed by atoms with E-state index in [1.165, 1.54) is 17.6 Å². The Bertz CT molecular complexity index is 3360. The Kier molecular flexibility index (Phi) is 16.5. The Hall–Kier alpha value is -7.29. The summed E-state index contributed by atoms with van der Waals surface area (Å²) in [5, 5.41) is 15.0. The van der Waals surface area contributed by atoms with Gasteiger partial charge >= 0.3 is 0 Å². The molecule has 6 nitrogen and oxygen atoms in total. The van der Waals surface area contributed by atoms with Crippen LogP contribution in [0.5, 0.6) is 0 Å². The Labute approximate surface area is 428 Å². The van der Waals surface area contributed by atoms with Gasteiger partial charge < -0.3 is 0 Å². The molecule has 366 valence electrons. The topological polar surface area (TPSA) is 83.1 Å². The van der Waals surface area contributed by atoms with Crippen LogP contribution in [0.15, 0.2) is 152 Å². The van der Waals surface area contributed by atoms with Crippen molar-refractivity contribution in [3.63, 3.8) is 0 Å². The maximum Gasteiger partial charge on any atom is 0.217 e. The number of hydrogen-bond donors (Lipinski definition) is 2. The lowest BCUT2D eigenvalue weighted by Crippen LogP contribution is -2.16. The van der Waals surface area contributed by atoms with Gasteiger partial charge in [-0.25, -0.2) is 0 Å². The second-order valence-electron chi connectivity index (χ2n) is 18.6. The molecule has 2 N–H and O–H groups in total. The molecule has 0 saturated heterocycles. The number of nitrogens with one attached hydrogen (secondary N) is 2. The summed E-state index contributed by atoms with van der Waals surface area (Å²) in [6.45, 7) is 20.1. The lowest BCUT2D eigenvalue weighted by Gasteiger charge is -2.32. The fourth-order valence-electron chi connectivity index (χ4n) is 9.53. The van der Waals surface area contributed by atoms with Crippen LogP contribution in [0.3, 0.4) is 0 Å². The van der Waals surface area contributed by atoms with Gasteiger partial charge in [-0.05, 0) is 162 Å². The molecule has 10 rings (SSSR count). The van der Waals surface area contributed by atoms with Crippen LogP contribution < -0.4 is 0 Å². The van der Waals surface area contributed by atoms with Crippen molar-refractivity contribution in [1.82, 2.24) is 30.4 Å². The van der Waals surface area contributed by atoms with Crippen molar-refractivity contribution in [3.8, 4) is 0 Å². The molecule has 2 saturated carbocycles. The SMILES string of the molecule is C=C(C)/C=C/c1ccc(/C(=C(\c2cnc(CC)cc2C)C2CCC2)c2cccc3n[nH]c(F)c23)cc1.C=C(C)/C=C/c1ccc(/C(=C(\c2ncccc2Cl)C2CCC2)c2cccc3n[nH]c(F)c23)cc1.CC. The van der Waals surface area contributed by atoms with Gasteiger partial charge in [-0.15, -0.1) is 0 Å². The van der Waals surface area contributed by atoms with Gasteiger partial charge in [-0.2, -0.15) is 19.0 Å². The Morgan fingerprint density at radius 2 is 1.14 bits per heavy atom. The highest BCUT2D eigenvalue weighted by molar-refractivity contribution is 6.32. The summed E-state index contributed by atoms with van der Waals surface area (Å²) in [5.41, 5.74) is 17.6. The van der Waals surface area contributed by atoms with E-state index in [9.17, 15) is 4.39 Å². The summed E-state index contributed by atoms with van der Waals surface area (Å²) >= 11 is 6.68. The third-order valence-corrected chi connectivity index (χ3v) is 13.8. The first kappa shape index (κ1) is 51.1.